The summed E-state index contributed by atoms with van der Waals surface area (Å²) >= 11 is 1.23. The number of methoxy groups -OCH3 is 1. The van der Waals surface area contributed by atoms with Crippen molar-refractivity contribution in [2.24, 2.45) is 5.73 Å². The molecule has 0 saturated heterocycles. The van der Waals surface area contributed by atoms with Crippen LogP contribution in [0.5, 0.6) is 0 Å². The first-order chi connectivity index (χ1) is 8.33. The summed E-state index contributed by atoms with van der Waals surface area (Å²) in [5, 5.41) is 4.42. The second kappa shape index (κ2) is 5.97. The predicted octanol–water partition coefficient (Wildman–Crippen LogP) is 1.99. The van der Waals surface area contributed by atoms with E-state index in [9.17, 15) is 9.59 Å². The molecule has 5 nitrogen and oxygen atoms in total. The quantitative estimate of drug-likeness (QED) is 0.802. The van der Waals surface area contributed by atoms with E-state index in [1.165, 1.54) is 18.4 Å². The predicted molar refractivity (Wildman–Crippen MR) is 71.8 cm³/mol. The van der Waals surface area contributed by atoms with Crippen LogP contribution in [0.2, 0.25) is 0 Å². The SMILES string of the molecule is COC(=O)c1sccc1NC(=O)CCC(C)(C)N. The number of amides is 1. The molecule has 1 aromatic rings. The van der Waals surface area contributed by atoms with Crippen LogP contribution >= 0.6 is 11.3 Å². The topological polar surface area (TPSA) is 81.4 Å². The molecule has 1 amide bonds. The lowest BCUT2D eigenvalue weighted by Gasteiger charge is -2.17. The van der Waals surface area contributed by atoms with Gasteiger partial charge in [0, 0.05) is 12.0 Å². The van der Waals surface area contributed by atoms with Crippen LogP contribution in [0.25, 0.3) is 0 Å². The Morgan fingerprint density at radius 2 is 2.17 bits per heavy atom. The average Bonchev–Trinajstić information content (AvgIpc) is 2.72. The van der Waals surface area contributed by atoms with Gasteiger partial charge < -0.3 is 15.8 Å². The first kappa shape index (κ1) is 14.7. The first-order valence-electron chi connectivity index (χ1n) is 5.58. The standard InChI is InChI=1S/C12H18N2O3S/c1-12(2,13)6-4-9(15)14-8-5-7-18-10(8)11(16)17-3/h5,7H,4,6,13H2,1-3H3,(H,14,15). The number of hydrogen-bond acceptors (Lipinski definition) is 5. The average molecular weight is 270 g/mol. The molecule has 0 aliphatic carbocycles. The maximum absolute atomic E-state index is 11.7. The first-order valence-corrected chi connectivity index (χ1v) is 6.46. The molecule has 1 rings (SSSR count). The number of hydrogen-bond donors (Lipinski definition) is 2. The number of anilines is 1. The summed E-state index contributed by atoms with van der Waals surface area (Å²) in [6, 6.07) is 1.68. The lowest BCUT2D eigenvalue weighted by atomic mass is 10.00. The molecular weight excluding hydrogens is 252 g/mol. The molecule has 0 aliphatic heterocycles. The van der Waals surface area contributed by atoms with Gasteiger partial charge in [-0.3, -0.25) is 4.79 Å². The van der Waals surface area contributed by atoms with Crippen LogP contribution in [0.3, 0.4) is 0 Å². The van der Waals surface area contributed by atoms with E-state index in [1.54, 1.807) is 11.4 Å². The van der Waals surface area contributed by atoms with Gasteiger partial charge >= 0.3 is 5.97 Å². The molecule has 0 radical (unpaired) electrons. The van der Waals surface area contributed by atoms with Crippen molar-refractivity contribution < 1.29 is 14.3 Å². The Labute approximate surface area is 110 Å². The number of nitrogens with one attached hydrogen (secondary N) is 1. The molecule has 0 atom stereocenters. The third-order valence-electron chi connectivity index (χ3n) is 2.31. The highest BCUT2D eigenvalue weighted by Gasteiger charge is 2.17. The smallest absolute Gasteiger partial charge is 0.350 e. The summed E-state index contributed by atoms with van der Waals surface area (Å²) in [4.78, 5) is 23.5. The fourth-order valence-electron chi connectivity index (χ4n) is 1.31. The largest absolute Gasteiger partial charge is 0.465 e. The Morgan fingerprint density at radius 3 is 2.72 bits per heavy atom. The number of rotatable bonds is 5. The van der Waals surface area contributed by atoms with Gasteiger partial charge in [-0.15, -0.1) is 11.3 Å². The molecule has 0 aliphatic rings. The number of esters is 1. The lowest BCUT2D eigenvalue weighted by Crippen LogP contribution is -2.33. The van der Waals surface area contributed by atoms with Crippen molar-refractivity contribution in [1.82, 2.24) is 0 Å². The Bertz CT molecular complexity index is 435. The van der Waals surface area contributed by atoms with E-state index in [1.807, 2.05) is 13.8 Å². The zero-order valence-electron chi connectivity index (χ0n) is 10.8. The minimum Gasteiger partial charge on any atom is -0.465 e. The summed E-state index contributed by atoms with van der Waals surface area (Å²) in [6.45, 7) is 3.73. The zero-order valence-corrected chi connectivity index (χ0v) is 11.6. The van der Waals surface area contributed by atoms with E-state index >= 15 is 0 Å². The molecule has 0 saturated carbocycles. The van der Waals surface area contributed by atoms with Crippen molar-refractivity contribution in [2.45, 2.75) is 32.2 Å². The summed E-state index contributed by atoms with van der Waals surface area (Å²) in [5.74, 6) is -0.600. The monoisotopic (exact) mass is 270 g/mol. The van der Waals surface area contributed by atoms with Crippen LogP contribution in [0.1, 0.15) is 36.4 Å². The van der Waals surface area contributed by atoms with E-state index in [0.29, 0.717) is 23.4 Å². The molecule has 100 valence electrons. The number of thiophene rings is 1. The molecule has 0 fully saturated rings. The summed E-state index contributed by atoms with van der Waals surface area (Å²) in [6.07, 6.45) is 0.899. The van der Waals surface area contributed by atoms with E-state index in [2.05, 4.69) is 10.1 Å². The van der Waals surface area contributed by atoms with E-state index in [-0.39, 0.29) is 11.4 Å². The van der Waals surface area contributed by atoms with Crippen molar-refractivity contribution in [3.63, 3.8) is 0 Å². The number of carbonyl (C=O) groups excluding carboxylic acids is 2. The number of carbonyl (C=O) groups is 2. The number of nitrogens with two attached hydrogens (primary N) is 1. The highest BCUT2D eigenvalue weighted by Crippen LogP contribution is 2.23. The second-order valence-electron chi connectivity index (χ2n) is 4.69. The highest BCUT2D eigenvalue weighted by atomic mass is 32.1. The number of ether oxygens (including phenoxy) is 1. The van der Waals surface area contributed by atoms with Crippen LogP contribution in [0, 0.1) is 0 Å². The lowest BCUT2D eigenvalue weighted by molar-refractivity contribution is -0.116. The Kier molecular flexibility index (Phi) is 4.86. The molecule has 0 spiro atoms. The molecular formula is C12H18N2O3S. The summed E-state index contributed by atoms with van der Waals surface area (Å²) in [7, 11) is 1.31. The molecule has 1 aromatic heterocycles. The van der Waals surface area contributed by atoms with E-state index in [0.717, 1.165) is 0 Å². The van der Waals surface area contributed by atoms with Crippen molar-refractivity contribution in [2.75, 3.05) is 12.4 Å². The van der Waals surface area contributed by atoms with Gasteiger partial charge in [-0.25, -0.2) is 4.79 Å². The van der Waals surface area contributed by atoms with Gasteiger partial charge in [0.15, 0.2) is 0 Å². The minimum absolute atomic E-state index is 0.155. The Hall–Kier alpha value is -1.40. The van der Waals surface area contributed by atoms with E-state index < -0.39 is 5.97 Å². The maximum atomic E-state index is 11.7. The van der Waals surface area contributed by atoms with Crippen LogP contribution in [-0.2, 0) is 9.53 Å². The van der Waals surface area contributed by atoms with Gasteiger partial charge in [-0.1, -0.05) is 0 Å². The van der Waals surface area contributed by atoms with Gasteiger partial charge in [0.1, 0.15) is 4.88 Å². The van der Waals surface area contributed by atoms with Crippen LogP contribution in [0.15, 0.2) is 11.4 Å². The molecule has 0 unspecified atom stereocenters. The van der Waals surface area contributed by atoms with Gasteiger partial charge in [-0.05, 0) is 31.7 Å². The molecule has 0 bridgehead atoms. The van der Waals surface area contributed by atoms with Gasteiger partial charge in [0.25, 0.3) is 0 Å². The van der Waals surface area contributed by atoms with Crippen LogP contribution < -0.4 is 11.1 Å². The summed E-state index contributed by atoms with van der Waals surface area (Å²) in [5.41, 5.74) is 5.92. The van der Waals surface area contributed by atoms with Crippen LogP contribution in [-0.4, -0.2) is 24.5 Å². The Balaban J connectivity index is 2.60. The third-order valence-corrected chi connectivity index (χ3v) is 3.20. The maximum Gasteiger partial charge on any atom is 0.350 e. The molecule has 3 N–H and O–H groups in total. The van der Waals surface area contributed by atoms with Crippen molar-refractivity contribution in [3.8, 4) is 0 Å². The van der Waals surface area contributed by atoms with Crippen molar-refractivity contribution in [1.29, 1.82) is 0 Å². The molecule has 0 aromatic carbocycles. The highest BCUT2D eigenvalue weighted by molar-refractivity contribution is 7.12. The van der Waals surface area contributed by atoms with Gasteiger partial charge in [0.2, 0.25) is 5.91 Å². The molecule has 1 heterocycles. The van der Waals surface area contributed by atoms with Gasteiger partial charge in [0.05, 0.1) is 12.8 Å². The van der Waals surface area contributed by atoms with Crippen LogP contribution in [0.4, 0.5) is 5.69 Å². The van der Waals surface area contributed by atoms with Gasteiger partial charge in [-0.2, -0.15) is 0 Å². The molecule has 18 heavy (non-hydrogen) atoms. The van der Waals surface area contributed by atoms with Crippen molar-refractivity contribution >= 4 is 28.9 Å². The third kappa shape index (κ3) is 4.46. The minimum atomic E-state index is -0.445. The fraction of sp³-hybridized carbons (Fsp3) is 0.500. The fourth-order valence-corrected chi connectivity index (χ4v) is 2.07. The van der Waals surface area contributed by atoms with E-state index in [4.69, 9.17) is 5.73 Å². The second-order valence-corrected chi connectivity index (χ2v) is 5.61. The Morgan fingerprint density at radius 1 is 1.50 bits per heavy atom. The summed E-state index contributed by atoms with van der Waals surface area (Å²) < 4.78 is 4.63. The normalized spacial score (nSPS) is 11.1. The zero-order chi connectivity index (χ0) is 13.8. The van der Waals surface area contributed by atoms with Crippen molar-refractivity contribution in [3.05, 3.63) is 16.3 Å². The molecule has 6 heteroatoms.